The second-order valence-corrected chi connectivity index (χ2v) is 8.54. The first-order valence-electron chi connectivity index (χ1n) is 9.56. The third-order valence-electron chi connectivity index (χ3n) is 4.07. The topological polar surface area (TPSA) is 157 Å². The molecule has 0 bridgehead atoms. The Morgan fingerprint density at radius 1 is 1.03 bits per heavy atom. The Morgan fingerprint density at radius 2 is 1.68 bits per heavy atom. The average molecular weight is 465 g/mol. The van der Waals surface area contributed by atoms with Crippen LogP contribution in [-0.4, -0.2) is 85.9 Å². The van der Waals surface area contributed by atoms with Gasteiger partial charge in [-0.3, -0.25) is 24.0 Å². The largest absolute Gasteiger partial charge is 0.469 e. The van der Waals surface area contributed by atoms with Crippen molar-refractivity contribution in [2.75, 3.05) is 39.7 Å². The summed E-state index contributed by atoms with van der Waals surface area (Å²) in [5, 5.41) is 14.5. The molecule has 178 valence electrons. The SMILES string of the molecule is COC(=O)CC(SCCNC(=O)CCNC(=O)[C@H](O)C(C)(C)COC(C)=O)C(=O)OC. The lowest BCUT2D eigenvalue weighted by molar-refractivity contribution is -0.151. The Balaban J connectivity index is 4.23. The molecule has 2 atom stereocenters. The highest BCUT2D eigenvalue weighted by atomic mass is 32.2. The lowest BCUT2D eigenvalue weighted by atomic mass is 9.87. The molecule has 0 aliphatic carbocycles. The molecular formula is C19H32N2O9S. The third-order valence-corrected chi connectivity index (χ3v) is 5.28. The molecule has 3 N–H and O–H groups in total. The summed E-state index contributed by atoms with van der Waals surface area (Å²) >= 11 is 1.15. The van der Waals surface area contributed by atoms with E-state index in [1.54, 1.807) is 13.8 Å². The van der Waals surface area contributed by atoms with E-state index < -0.39 is 40.6 Å². The summed E-state index contributed by atoms with van der Waals surface area (Å²) in [5.41, 5.74) is -0.990. The van der Waals surface area contributed by atoms with Crippen molar-refractivity contribution < 1.29 is 43.3 Å². The standard InChI is InChI=1S/C19H32N2O9S/c1-12(22)30-11-19(2,3)16(25)17(26)21-7-6-14(23)20-8-9-31-13(18(27)29-5)10-15(24)28-4/h13,16,25H,6-11H2,1-5H3,(H,20,23)(H,21,26)/t13?,16-/m0/s1. The molecule has 2 amide bonds. The molecular weight excluding hydrogens is 432 g/mol. The van der Waals surface area contributed by atoms with Gasteiger partial charge in [-0.25, -0.2) is 0 Å². The molecule has 0 aliphatic heterocycles. The molecule has 0 aromatic rings. The number of aliphatic hydroxyl groups excluding tert-OH is 1. The lowest BCUT2D eigenvalue weighted by Gasteiger charge is -2.28. The Bertz CT molecular complexity index is 640. The zero-order valence-electron chi connectivity index (χ0n) is 18.5. The van der Waals surface area contributed by atoms with Crippen LogP contribution in [0.1, 0.15) is 33.6 Å². The molecule has 0 aromatic heterocycles. The summed E-state index contributed by atoms with van der Waals surface area (Å²) in [6, 6.07) is 0. The highest BCUT2D eigenvalue weighted by Gasteiger charge is 2.34. The van der Waals surface area contributed by atoms with Crippen LogP contribution in [0.3, 0.4) is 0 Å². The Morgan fingerprint density at radius 3 is 2.23 bits per heavy atom. The van der Waals surface area contributed by atoms with Crippen molar-refractivity contribution in [1.82, 2.24) is 10.6 Å². The maximum absolute atomic E-state index is 12.0. The maximum atomic E-state index is 12.0. The normalized spacial score (nSPS) is 12.8. The molecule has 0 aromatic carbocycles. The zero-order chi connectivity index (χ0) is 24.0. The summed E-state index contributed by atoms with van der Waals surface area (Å²) in [5.74, 6) is -2.27. The van der Waals surface area contributed by atoms with Crippen LogP contribution in [-0.2, 0) is 38.2 Å². The molecule has 0 rings (SSSR count). The molecule has 12 heteroatoms. The van der Waals surface area contributed by atoms with E-state index >= 15 is 0 Å². The number of carbonyl (C=O) groups is 5. The molecule has 0 saturated heterocycles. The number of nitrogens with one attached hydrogen (secondary N) is 2. The highest BCUT2D eigenvalue weighted by molar-refractivity contribution is 8.00. The van der Waals surface area contributed by atoms with Crippen molar-refractivity contribution >= 4 is 41.5 Å². The van der Waals surface area contributed by atoms with Crippen LogP contribution >= 0.6 is 11.8 Å². The van der Waals surface area contributed by atoms with Gasteiger partial charge in [-0.15, -0.1) is 11.8 Å². The Kier molecular flexibility index (Phi) is 13.5. The average Bonchev–Trinajstić information content (AvgIpc) is 2.72. The van der Waals surface area contributed by atoms with Gasteiger partial charge in [0.1, 0.15) is 11.4 Å². The summed E-state index contributed by atoms with van der Waals surface area (Å²) < 4.78 is 14.0. The molecule has 0 saturated carbocycles. The minimum atomic E-state index is -1.42. The molecule has 0 fully saturated rings. The van der Waals surface area contributed by atoms with Gasteiger partial charge in [-0.05, 0) is 0 Å². The number of thioether (sulfide) groups is 1. The molecule has 0 radical (unpaired) electrons. The highest BCUT2D eigenvalue weighted by Crippen LogP contribution is 2.21. The van der Waals surface area contributed by atoms with Gasteiger partial charge in [-0.1, -0.05) is 13.8 Å². The van der Waals surface area contributed by atoms with E-state index in [2.05, 4.69) is 20.1 Å². The lowest BCUT2D eigenvalue weighted by Crippen LogP contribution is -2.46. The quantitative estimate of drug-likeness (QED) is 0.172. The summed E-state index contributed by atoms with van der Waals surface area (Å²) in [7, 11) is 2.44. The third kappa shape index (κ3) is 12.2. The maximum Gasteiger partial charge on any atom is 0.319 e. The van der Waals surface area contributed by atoms with Crippen LogP contribution in [0, 0.1) is 5.41 Å². The Hall–Kier alpha value is -2.34. The molecule has 31 heavy (non-hydrogen) atoms. The molecule has 11 nitrogen and oxygen atoms in total. The van der Waals surface area contributed by atoms with Crippen molar-refractivity contribution in [3.05, 3.63) is 0 Å². The number of rotatable bonds is 14. The van der Waals surface area contributed by atoms with Crippen molar-refractivity contribution in [3.8, 4) is 0 Å². The molecule has 0 aliphatic rings. The first kappa shape index (κ1) is 28.7. The number of aliphatic hydroxyl groups is 1. The van der Waals surface area contributed by atoms with Crippen LogP contribution in [0.25, 0.3) is 0 Å². The monoisotopic (exact) mass is 464 g/mol. The van der Waals surface area contributed by atoms with Crippen LogP contribution < -0.4 is 10.6 Å². The van der Waals surface area contributed by atoms with Crippen LogP contribution in [0.5, 0.6) is 0 Å². The zero-order valence-corrected chi connectivity index (χ0v) is 19.3. The minimum absolute atomic E-state index is 0.00560. The van der Waals surface area contributed by atoms with Crippen LogP contribution in [0.2, 0.25) is 0 Å². The second kappa shape index (κ2) is 14.6. The fourth-order valence-electron chi connectivity index (χ4n) is 2.17. The van der Waals surface area contributed by atoms with Gasteiger partial charge in [-0.2, -0.15) is 0 Å². The second-order valence-electron chi connectivity index (χ2n) is 7.23. The number of methoxy groups -OCH3 is 2. The van der Waals surface area contributed by atoms with Crippen molar-refractivity contribution in [2.45, 2.75) is 45.0 Å². The smallest absolute Gasteiger partial charge is 0.319 e. The Labute approximate surface area is 185 Å². The van der Waals surface area contributed by atoms with Crippen molar-refractivity contribution in [2.24, 2.45) is 5.41 Å². The number of esters is 3. The van der Waals surface area contributed by atoms with Gasteiger partial charge >= 0.3 is 17.9 Å². The van der Waals surface area contributed by atoms with E-state index in [0.717, 1.165) is 11.8 Å². The summed E-state index contributed by atoms with van der Waals surface area (Å²) in [4.78, 5) is 57.8. The van der Waals surface area contributed by atoms with Gasteiger partial charge < -0.3 is 30.0 Å². The van der Waals surface area contributed by atoms with E-state index in [4.69, 9.17) is 4.74 Å². The molecule has 1 unspecified atom stereocenters. The van der Waals surface area contributed by atoms with Gasteiger partial charge in [0.05, 0.1) is 27.2 Å². The van der Waals surface area contributed by atoms with Crippen molar-refractivity contribution in [3.63, 3.8) is 0 Å². The van der Waals surface area contributed by atoms with Gasteiger partial charge in [0.25, 0.3) is 0 Å². The van der Waals surface area contributed by atoms with E-state index in [1.807, 2.05) is 0 Å². The number of ether oxygens (including phenoxy) is 3. The van der Waals surface area contributed by atoms with Crippen LogP contribution in [0.15, 0.2) is 0 Å². The molecule has 0 spiro atoms. The van der Waals surface area contributed by atoms with E-state index in [1.165, 1.54) is 21.1 Å². The first-order valence-corrected chi connectivity index (χ1v) is 10.6. The predicted molar refractivity (Wildman–Crippen MR) is 112 cm³/mol. The van der Waals surface area contributed by atoms with Crippen LogP contribution in [0.4, 0.5) is 0 Å². The van der Waals surface area contributed by atoms with Gasteiger partial charge in [0, 0.05) is 37.6 Å². The molecule has 0 heterocycles. The first-order chi connectivity index (χ1) is 14.4. The number of hydrogen-bond acceptors (Lipinski definition) is 10. The summed E-state index contributed by atoms with van der Waals surface area (Å²) in [6.07, 6.45) is -1.57. The predicted octanol–water partition coefficient (Wildman–Crippen LogP) is -0.603. The fourth-order valence-corrected chi connectivity index (χ4v) is 3.16. The summed E-state index contributed by atoms with van der Waals surface area (Å²) in [6.45, 7) is 4.50. The van der Waals surface area contributed by atoms with E-state index in [-0.39, 0.29) is 38.4 Å². The number of carbonyl (C=O) groups excluding carboxylic acids is 5. The minimum Gasteiger partial charge on any atom is -0.469 e. The fraction of sp³-hybridized carbons (Fsp3) is 0.737. The van der Waals surface area contributed by atoms with Gasteiger partial charge in [0.15, 0.2) is 0 Å². The number of amides is 2. The number of hydrogen-bond donors (Lipinski definition) is 3. The van der Waals surface area contributed by atoms with E-state index in [0.29, 0.717) is 5.75 Å². The van der Waals surface area contributed by atoms with E-state index in [9.17, 15) is 29.1 Å². The van der Waals surface area contributed by atoms with Gasteiger partial charge in [0.2, 0.25) is 11.8 Å². The van der Waals surface area contributed by atoms with Crippen molar-refractivity contribution in [1.29, 1.82) is 0 Å².